The average Bonchev–Trinajstić information content (AvgIpc) is 3.31. The van der Waals surface area contributed by atoms with Crippen molar-refractivity contribution >= 4 is 32.9 Å². The lowest BCUT2D eigenvalue weighted by Crippen LogP contribution is -2.35. The first kappa shape index (κ1) is 19.6. The molecule has 4 rings (SSSR count). The second-order valence-corrected chi connectivity index (χ2v) is 7.00. The van der Waals surface area contributed by atoms with Gasteiger partial charge in [-0.1, -0.05) is 0 Å². The van der Waals surface area contributed by atoms with Crippen LogP contribution < -0.4 is 9.44 Å². The number of pyridine rings is 1. The number of halogens is 3. The Kier molecular flexibility index (Phi) is 4.72. The van der Waals surface area contributed by atoms with Gasteiger partial charge < -0.3 is 5.11 Å². The van der Waals surface area contributed by atoms with E-state index in [1.165, 1.54) is 4.31 Å². The molecular weight excluding hydrogens is 407 g/mol. The molecule has 0 saturated carbocycles. The van der Waals surface area contributed by atoms with E-state index in [1.807, 2.05) is 0 Å². The number of hydrogen-bond donors (Lipinski definition) is 3. The fourth-order valence-corrected chi connectivity index (χ4v) is 3.43. The van der Waals surface area contributed by atoms with Gasteiger partial charge in [0, 0.05) is 25.0 Å². The number of fused-ring (bicyclic) bond motifs is 3. The van der Waals surface area contributed by atoms with Crippen LogP contribution in [0.25, 0.3) is 16.9 Å². The van der Waals surface area contributed by atoms with E-state index in [0.29, 0.717) is 35.5 Å². The highest BCUT2D eigenvalue weighted by atomic mass is 32.2. The molecule has 0 saturated heterocycles. The maximum absolute atomic E-state index is 11.7. The number of H-pyrrole nitrogens is 1. The standard InChI is InChI=1S/C11H11N7O2S.C2HF3O2/c12-21(19,20)17-4-2-7-5-13-11-8(10(7)17)6-15-18(11)9-1-3-14-16-9;3-2(4,5)1(6)7/h1,3,5-6H,2,4H2,(H,14,16)(H2,12,19,20);(H,6,7). The zero-order valence-electron chi connectivity index (χ0n) is 13.8. The van der Waals surface area contributed by atoms with Crippen molar-refractivity contribution in [1.29, 1.82) is 0 Å². The third kappa shape index (κ3) is 3.61. The zero-order chi connectivity index (χ0) is 20.7. The smallest absolute Gasteiger partial charge is 0.475 e. The molecule has 0 aliphatic carbocycles. The molecule has 0 bridgehead atoms. The zero-order valence-corrected chi connectivity index (χ0v) is 14.6. The van der Waals surface area contributed by atoms with Crippen LogP contribution in [-0.4, -0.2) is 57.2 Å². The molecule has 3 aromatic heterocycles. The van der Waals surface area contributed by atoms with E-state index in [-0.39, 0.29) is 0 Å². The molecule has 0 radical (unpaired) electrons. The van der Waals surface area contributed by atoms with E-state index >= 15 is 0 Å². The Morgan fingerprint density at radius 1 is 1.32 bits per heavy atom. The van der Waals surface area contributed by atoms with Crippen LogP contribution in [0, 0.1) is 0 Å². The summed E-state index contributed by atoms with van der Waals surface area (Å²) in [5.74, 6) is -2.18. The van der Waals surface area contributed by atoms with Gasteiger partial charge in [-0.2, -0.15) is 36.5 Å². The average molecular weight is 419 g/mol. The molecule has 11 nitrogen and oxygen atoms in total. The molecule has 0 aromatic carbocycles. The molecule has 28 heavy (non-hydrogen) atoms. The van der Waals surface area contributed by atoms with Gasteiger partial charge in [0.15, 0.2) is 11.5 Å². The predicted octanol–water partition coefficient (Wildman–Crippen LogP) is 0.343. The number of nitrogens with two attached hydrogens (primary N) is 1. The lowest BCUT2D eigenvalue weighted by Gasteiger charge is -2.16. The third-order valence-corrected chi connectivity index (χ3v) is 4.71. The molecule has 0 fully saturated rings. The van der Waals surface area contributed by atoms with Gasteiger partial charge in [-0.05, 0) is 12.0 Å². The van der Waals surface area contributed by atoms with Crippen molar-refractivity contribution < 1.29 is 31.5 Å². The summed E-state index contributed by atoms with van der Waals surface area (Å²) in [5, 5.41) is 24.0. The van der Waals surface area contributed by atoms with Crippen LogP contribution in [0.5, 0.6) is 0 Å². The van der Waals surface area contributed by atoms with Crippen molar-refractivity contribution in [1.82, 2.24) is 25.0 Å². The highest BCUT2D eigenvalue weighted by Crippen LogP contribution is 2.35. The molecule has 4 heterocycles. The van der Waals surface area contributed by atoms with Gasteiger partial charge in [0.25, 0.3) is 10.2 Å². The number of anilines is 1. The Labute approximate surface area is 154 Å². The van der Waals surface area contributed by atoms with Crippen LogP contribution >= 0.6 is 0 Å². The lowest BCUT2D eigenvalue weighted by atomic mass is 10.2. The SMILES string of the molecule is NS(=O)(=O)N1CCc2cnc3c(cnn3-c3cc[nH]n3)c21.O=C(O)C(F)(F)F. The van der Waals surface area contributed by atoms with Crippen LogP contribution in [0.15, 0.2) is 24.7 Å². The number of carboxylic acid groups (broad SMARTS) is 1. The van der Waals surface area contributed by atoms with Crippen LogP contribution in [0.3, 0.4) is 0 Å². The van der Waals surface area contributed by atoms with Gasteiger partial charge >= 0.3 is 12.1 Å². The first-order chi connectivity index (χ1) is 13.0. The number of aromatic nitrogens is 5. The van der Waals surface area contributed by atoms with Gasteiger partial charge in [-0.25, -0.2) is 14.9 Å². The fourth-order valence-electron chi connectivity index (χ4n) is 2.61. The molecule has 15 heteroatoms. The molecule has 3 aromatic rings. The van der Waals surface area contributed by atoms with Gasteiger partial charge in [-0.3, -0.25) is 9.40 Å². The van der Waals surface area contributed by atoms with E-state index < -0.39 is 22.4 Å². The molecule has 0 spiro atoms. The summed E-state index contributed by atoms with van der Waals surface area (Å²) < 4.78 is 57.9. The lowest BCUT2D eigenvalue weighted by molar-refractivity contribution is -0.192. The van der Waals surface area contributed by atoms with E-state index in [0.717, 1.165) is 5.56 Å². The molecule has 0 amide bonds. The van der Waals surface area contributed by atoms with Gasteiger partial charge in [-0.15, -0.1) is 0 Å². The number of rotatable bonds is 2. The fraction of sp³-hybridized carbons (Fsp3) is 0.231. The topological polar surface area (TPSA) is 160 Å². The summed E-state index contributed by atoms with van der Waals surface area (Å²) in [5.41, 5.74) is 1.94. The molecule has 150 valence electrons. The van der Waals surface area contributed by atoms with E-state index in [1.54, 1.807) is 29.3 Å². The summed E-state index contributed by atoms with van der Waals surface area (Å²) in [4.78, 5) is 13.3. The largest absolute Gasteiger partial charge is 0.490 e. The summed E-state index contributed by atoms with van der Waals surface area (Å²) in [6.45, 7) is 0.322. The quantitative estimate of drug-likeness (QED) is 0.540. The van der Waals surface area contributed by atoms with Crippen molar-refractivity contribution in [3.05, 3.63) is 30.2 Å². The molecule has 0 unspecified atom stereocenters. The minimum absolute atomic E-state index is 0.322. The van der Waals surface area contributed by atoms with Crippen LogP contribution in [-0.2, 0) is 21.4 Å². The van der Waals surface area contributed by atoms with Crippen molar-refractivity contribution in [3.63, 3.8) is 0 Å². The number of aromatic amines is 1. The molecule has 1 aliphatic heterocycles. The molecular formula is C13H12F3N7O4S. The van der Waals surface area contributed by atoms with Gasteiger partial charge in [0.05, 0.1) is 17.3 Å². The number of alkyl halides is 3. The highest BCUT2D eigenvalue weighted by molar-refractivity contribution is 7.90. The Morgan fingerprint density at radius 3 is 2.54 bits per heavy atom. The van der Waals surface area contributed by atoms with E-state index in [2.05, 4.69) is 20.3 Å². The molecule has 4 N–H and O–H groups in total. The van der Waals surface area contributed by atoms with E-state index in [4.69, 9.17) is 15.0 Å². The summed E-state index contributed by atoms with van der Waals surface area (Å²) >= 11 is 0. The number of carboxylic acids is 1. The minimum Gasteiger partial charge on any atom is -0.475 e. The van der Waals surface area contributed by atoms with Gasteiger partial charge in [0.2, 0.25) is 0 Å². The first-order valence-electron chi connectivity index (χ1n) is 7.46. The maximum Gasteiger partial charge on any atom is 0.490 e. The van der Waals surface area contributed by atoms with Crippen molar-refractivity contribution in [2.24, 2.45) is 5.14 Å². The number of carbonyl (C=O) groups is 1. The Balaban J connectivity index is 0.000000279. The maximum atomic E-state index is 11.7. The van der Waals surface area contributed by atoms with Crippen molar-refractivity contribution in [3.8, 4) is 5.82 Å². The van der Waals surface area contributed by atoms with Gasteiger partial charge in [0.1, 0.15) is 0 Å². The predicted molar refractivity (Wildman–Crippen MR) is 88.9 cm³/mol. The van der Waals surface area contributed by atoms with Crippen LogP contribution in [0.1, 0.15) is 5.56 Å². The highest BCUT2D eigenvalue weighted by Gasteiger charge is 2.38. The number of nitrogens with one attached hydrogen (secondary N) is 1. The summed E-state index contributed by atoms with van der Waals surface area (Å²) in [6.07, 6.45) is 0.419. The first-order valence-corrected chi connectivity index (χ1v) is 8.97. The Morgan fingerprint density at radius 2 is 2.00 bits per heavy atom. The van der Waals surface area contributed by atoms with Crippen LogP contribution in [0.2, 0.25) is 0 Å². The summed E-state index contributed by atoms with van der Waals surface area (Å²) in [6, 6.07) is 1.75. The Hall–Kier alpha value is -3.20. The number of nitrogens with zero attached hydrogens (tertiary/aromatic N) is 5. The molecule has 0 atom stereocenters. The summed E-state index contributed by atoms with van der Waals surface area (Å²) in [7, 11) is -3.81. The number of aliphatic carboxylic acids is 1. The minimum atomic E-state index is -5.08. The number of hydrogen-bond acceptors (Lipinski definition) is 6. The van der Waals surface area contributed by atoms with E-state index in [9.17, 15) is 21.6 Å². The monoisotopic (exact) mass is 419 g/mol. The van der Waals surface area contributed by atoms with Crippen LogP contribution in [0.4, 0.5) is 18.9 Å². The Bertz CT molecular complexity index is 1130. The third-order valence-electron chi connectivity index (χ3n) is 3.73. The second kappa shape index (κ2) is 6.75. The molecule has 1 aliphatic rings. The normalized spacial score (nSPS) is 13.9. The van der Waals surface area contributed by atoms with Crippen molar-refractivity contribution in [2.45, 2.75) is 12.6 Å². The van der Waals surface area contributed by atoms with Crippen molar-refractivity contribution in [2.75, 3.05) is 10.8 Å². The second-order valence-electron chi connectivity index (χ2n) is 5.53.